The quantitative estimate of drug-likeness (QED) is 0.696. The largest absolute Gasteiger partial charge is 0.305 e. The van der Waals surface area contributed by atoms with Gasteiger partial charge in [-0.25, -0.2) is 0 Å². The number of aldehydes is 1. The highest BCUT2D eigenvalue weighted by molar-refractivity contribution is 5.50. The van der Waals surface area contributed by atoms with Gasteiger partial charge >= 0.3 is 0 Å². The molecule has 1 aliphatic heterocycles. The lowest BCUT2D eigenvalue weighted by Gasteiger charge is -2.36. The van der Waals surface area contributed by atoms with Gasteiger partial charge in [0.2, 0.25) is 0 Å². The predicted octanol–water partition coefficient (Wildman–Crippen LogP) is 1.85. The van der Waals surface area contributed by atoms with Crippen LogP contribution in [0.3, 0.4) is 0 Å². The van der Waals surface area contributed by atoms with Gasteiger partial charge in [-0.3, -0.25) is 0 Å². The highest BCUT2D eigenvalue weighted by Gasteiger charge is 2.24. The van der Waals surface area contributed by atoms with Crippen LogP contribution in [0.4, 0.5) is 0 Å². The molecule has 15 heavy (non-hydrogen) atoms. The zero-order chi connectivity index (χ0) is 10.7. The number of rotatable bonds is 4. The number of hydrogen-bond acceptors (Lipinski definition) is 2. The Morgan fingerprint density at radius 2 is 2.00 bits per heavy atom. The first-order valence-corrected chi connectivity index (χ1v) is 5.50. The number of nitrogens with zero attached hydrogens (tertiary/aromatic N) is 1. The summed E-state index contributed by atoms with van der Waals surface area (Å²) < 4.78 is 0. The molecule has 1 heterocycles. The van der Waals surface area contributed by atoms with Crippen LogP contribution < -0.4 is 0 Å². The van der Waals surface area contributed by atoms with Crippen LogP contribution in [0.25, 0.3) is 0 Å². The van der Waals surface area contributed by atoms with Crippen molar-refractivity contribution in [1.29, 1.82) is 0 Å². The highest BCUT2D eigenvalue weighted by atomic mass is 16.1. The molecule has 2 nitrogen and oxygen atoms in total. The third-order valence-electron chi connectivity index (χ3n) is 3.07. The minimum atomic E-state index is 0.630. The summed E-state index contributed by atoms with van der Waals surface area (Å²) in [4.78, 5) is 12.6. The molecule has 0 unspecified atom stereocenters. The van der Waals surface area contributed by atoms with Gasteiger partial charge in [-0.2, -0.15) is 0 Å². The summed E-state index contributed by atoms with van der Waals surface area (Å²) in [6.45, 7) is 2.35. The van der Waals surface area contributed by atoms with E-state index in [0.29, 0.717) is 6.42 Å². The molecule has 2 heteroatoms. The maximum Gasteiger partial charge on any atom is 0.120 e. The van der Waals surface area contributed by atoms with Gasteiger partial charge in [0.25, 0.3) is 0 Å². The number of likely N-dealkylation sites (N-methyl/N-ethyl adjacent to an activating group) is 1. The van der Waals surface area contributed by atoms with Crippen LogP contribution in [0.2, 0.25) is 0 Å². The van der Waals surface area contributed by atoms with E-state index in [2.05, 4.69) is 36.2 Å². The molecule has 0 atom stereocenters. The molecular formula is C13H17NO. The Balaban J connectivity index is 1.95. The van der Waals surface area contributed by atoms with Crippen LogP contribution >= 0.6 is 0 Å². The van der Waals surface area contributed by atoms with Gasteiger partial charge in [0.15, 0.2) is 0 Å². The van der Waals surface area contributed by atoms with Gasteiger partial charge in [-0.15, -0.1) is 0 Å². The second-order valence-electron chi connectivity index (χ2n) is 4.37. The van der Waals surface area contributed by atoms with Crippen LogP contribution in [-0.4, -0.2) is 31.3 Å². The fourth-order valence-electron chi connectivity index (χ4n) is 2.09. The van der Waals surface area contributed by atoms with E-state index < -0.39 is 0 Å². The van der Waals surface area contributed by atoms with Gasteiger partial charge in [0.1, 0.15) is 6.29 Å². The third-order valence-corrected chi connectivity index (χ3v) is 3.07. The second kappa shape index (κ2) is 4.58. The summed E-state index contributed by atoms with van der Waals surface area (Å²) in [6.07, 6.45) is 2.48. The number of carbonyl (C=O) groups excluding carboxylic acids is 1. The zero-order valence-corrected chi connectivity index (χ0v) is 9.15. The number of hydrogen-bond donors (Lipinski definition) is 0. The van der Waals surface area contributed by atoms with Crippen molar-refractivity contribution in [3.63, 3.8) is 0 Å². The molecule has 1 aliphatic rings. The monoisotopic (exact) mass is 203 g/mol. The molecule has 0 saturated carbocycles. The Bertz CT molecular complexity index is 325. The molecule has 0 aliphatic carbocycles. The molecule has 1 aromatic rings. The van der Waals surface area contributed by atoms with E-state index in [4.69, 9.17) is 0 Å². The van der Waals surface area contributed by atoms with Crippen LogP contribution in [0.15, 0.2) is 24.3 Å². The smallest absolute Gasteiger partial charge is 0.120 e. The summed E-state index contributed by atoms with van der Waals surface area (Å²) in [5.41, 5.74) is 2.70. The average Bonchev–Trinajstić information content (AvgIpc) is 2.23. The van der Waals surface area contributed by atoms with Gasteiger partial charge in [-0.05, 0) is 24.6 Å². The average molecular weight is 203 g/mol. The number of benzene rings is 1. The molecule has 0 bridgehead atoms. The molecule has 0 aromatic heterocycles. The number of carbonyl (C=O) groups is 1. The van der Waals surface area contributed by atoms with Gasteiger partial charge in [0, 0.05) is 25.4 Å². The van der Waals surface area contributed by atoms with E-state index in [1.807, 2.05) is 0 Å². The summed E-state index contributed by atoms with van der Waals surface area (Å²) in [7, 11) is 2.15. The van der Waals surface area contributed by atoms with Crippen molar-refractivity contribution in [2.24, 2.45) is 0 Å². The Kier molecular flexibility index (Phi) is 3.17. The topological polar surface area (TPSA) is 20.3 Å². The first-order valence-electron chi connectivity index (χ1n) is 5.50. The predicted molar refractivity (Wildman–Crippen MR) is 61.1 cm³/mol. The molecule has 0 spiro atoms. The first-order chi connectivity index (χ1) is 7.29. The molecule has 80 valence electrons. The van der Waals surface area contributed by atoms with Crippen molar-refractivity contribution >= 4 is 6.29 Å². The lowest BCUT2D eigenvalue weighted by Crippen LogP contribution is -2.41. The lowest BCUT2D eigenvalue weighted by molar-refractivity contribution is -0.107. The van der Waals surface area contributed by atoms with E-state index in [0.717, 1.165) is 18.6 Å². The fraction of sp³-hybridized carbons (Fsp3) is 0.462. The van der Waals surface area contributed by atoms with Crippen molar-refractivity contribution in [3.05, 3.63) is 35.4 Å². The first kappa shape index (κ1) is 10.4. The molecule has 1 aromatic carbocycles. The van der Waals surface area contributed by atoms with Gasteiger partial charge < -0.3 is 9.69 Å². The van der Waals surface area contributed by atoms with Gasteiger partial charge in [0.05, 0.1) is 0 Å². The van der Waals surface area contributed by atoms with Crippen molar-refractivity contribution in [2.45, 2.75) is 18.8 Å². The summed E-state index contributed by atoms with van der Waals surface area (Å²) in [5, 5.41) is 0. The number of aryl methyl sites for hydroxylation is 1. The molecule has 1 fully saturated rings. The summed E-state index contributed by atoms with van der Waals surface area (Å²) >= 11 is 0. The zero-order valence-electron chi connectivity index (χ0n) is 9.15. The van der Waals surface area contributed by atoms with E-state index in [-0.39, 0.29) is 0 Å². The maximum atomic E-state index is 10.2. The van der Waals surface area contributed by atoms with E-state index >= 15 is 0 Å². The van der Waals surface area contributed by atoms with E-state index in [1.54, 1.807) is 0 Å². The molecule has 0 radical (unpaired) electrons. The van der Waals surface area contributed by atoms with Crippen LogP contribution in [0.1, 0.15) is 23.5 Å². The Morgan fingerprint density at radius 1 is 1.33 bits per heavy atom. The minimum Gasteiger partial charge on any atom is -0.305 e. The normalized spacial score (nSPS) is 17.4. The summed E-state index contributed by atoms with van der Waals surface area (Å²) in [5.74, 6) is 0.718. The Hall–Kier alpha value is -1.15. The molecule has 0 N–H and O–H groups in total. The Morgan fingerprint density at radius 3 is 2.53 bits per heavy atom. The van der Waals surface area contributed by atoms with Crippen LogP contribution in [0, 0.1) is 0 Å². The fourth-order valence-corrected chi connectivity index (χ4v) is 2.09. The van der Waals surface area contributed by atoms with Crippen LogP contribution in [0.5, 0.6) is 0 Å². The minimum absolute atomic E-state index is 0.630. The standard InChI is InChI=1S/C13H17NO/c1-14-9-13(10-14)12-6-4-11(5-7-12)3-2-8-15/h4-8,13H,2-3,9-10H2,1H3. The van der Waals surface area contributed by atoms with E-state index in [1.165, 1.54) is 24.2 Å². The van der Waals surface area contributed by atoms with E-state index in [9.17, 15) is 4.79 Å². The van der Waals surface area contributed by atoms with Gasteiger partial charge in [-0.1, -0.05) is 24.3 Å². The SMILES string of the molecule is CN1CC(c2ccc(CCC=O)cc2)C1. The molecule has 0 amide bonds. The van der Waals surface area contributed by atoms with Crippen LogP contribution in [-0.2, 0) is 11.2 Å². The van der Waals surface area contributed by atoms with Crippen molar-refractivity contribution in [1.82, 2.24) is 4.90 Å². The molecule has 1 saturated heterocycles. The maximum absolute atomic E-state index is 10.2. The summed E-state index contributed by atoms with van der Waals surface area (Å²) in [6, 6.07) is 8.71. The molecular weight excluding hydrogens is 186 g/mol. The van der Waals surface area contributed by atoms with Crippen molar-refractivity contribution in [2.75, 3.05) is 20.1 Å². The second-order valence-corrected chi connectivity index (χ2v) is 4.37. The number of likely N-dealkylation sites (tertiary alicyclic amines) is 1. The molecule has 2 rings (SSSR count). The van der Waals surface area contributed by atoms with Crippen molar-refractivity contribution in [3.8, 4) is 0 Å². The highest BCUT2D eigenvalue weighted by Crippen LogP contribution is 2.25. The lowest BCUT2D eigenvalue weighted by atomic mass is 9.91. The Labute approximate surface area is 90.9 Å². The third kappa shape index (κ3) is 2.45. The van der Waals surface area contributed by atoms with Crippen molar-refractivity contribution < 1.29 is 4.79 Å².